The largest absolute Gasteiger partial charge is 0.507 e. The predicted molar refractivity (Wildman–Crippen MR) is 158 cm³/mol. The lowest BCUT2D eigenvalue weighted by molar-refractivity contribution is 0.100. The number of aromatic nitrogens is 1. The number of rotatable bonds is 7. The van der Waals surface area contributed by atoms with Crippen LogP contribution in [-0.4, -0.2) is 37.0 Å². The van der Waals surface area contributed by atoms with Crippen LogP contribution in [0.25, 0.3) is 22.0 Å². The minimum absolute atomic E-state index is 0.0389. The molecule has 0 unspecified atom stereocenters. The highest BCUT2D eigenvalue weighted by Crippen LogP contribution is 2.41. The van der Waals surface area contributed by atoms with Crippen LogP contribution in [-0.2, 0) is 12.8 Å². The van der Waals surface area contributed by atoms with Crippen LogP contribution in [0.1, 0.15) is 68.1 Å². The van der Waals surface area contributed by atoms with Crippen LogP contribution in [0, 0.1) is 13.8 Å². The van der Waals surface area contributed by atoms with Crippen LogP contribution in [0.15, 0.2) is 60.7 Å². The first kappa shape index (κ1) is 27.5. The summed E-state index contributed by atoms with van der Waals surface area (Å²) in [6.07, 6.45) is 0.0946. The summed E-state index contributed by atoms with van der Waals surface area (Å²) >= 11 is 0. The molecule has 1 heterocycles. The summed E-state index contributed by atoms with van der Waals surface area (Å²) in [4.78, 5) is 27.9. The average molecular weight is 550 g/mol. The minimum atomic E-state index is -0.331. The number of fused-ring (bicyclic) bond motifs is 1. The van der Waals surface area contributed by atoms with Crippen molar-refractivity contribution in [2.45, 2.75) is 40.5 Å². The Hall–Kier alpha value is -5.04. The molecule has 41 heavy (non-hydrogen) atoms. The molecule has 0 spiro atoms. The molecule has 0 aliphatic heterocycles. The Morgan fingerprint density at radius 1 is 0.634 bits per heavy atom. The Kier molecular flexibility index (Phi) is 7.05. The van der Waals surface area contributed by atoms with Gasteiger partial charge < -0.3 is 25.4 Å². The fourth-order valence-electron chi connectivity index (χ4n) is 5.42. The summed E-state index contributed by atoms with van der Waals surface area (Å²) in [5.41, 5.74) is 5.55. The molecule has 5 rings (SSSR count). The topological polar surface area (TPSA) is 131 Å². The van der Waals surface area contributed by atoms with E-state index in [1.165, 1.54) is 26.0 Å². The maximum atomic E-state index is 12.3. The lowest BCUT2D eigenvalue weighted by Gasteiger charge is -2.16. The smallest absolute Gasteiger partial charge is 0.163 e. The van der Waals surface area contributed by atoms with E-state index in [-0.39, 0.29) is 69.7 Å². The molecule has 0 radical (unpaired) electrons. The highest BCUT2D eigenvalue weighted by Gasteiger charge is 2.24. The fraction of sp³-hybridized carbons (Fsp3) is 0.176. The molecule has 4 aromatic carbocycles. The van der Waals surface area contributed by atoms with Crippen LogP contribution in [0.5, 0.6) is 23.0 Å². The zero-order valence-corrected chi connectivity index (χ0v) is 23.3. The number of H-pyrrole nitrogens is 1. The quantitative estimate of drug-likeness (QED) is 0.141. The van der Waals surface area contributed by atoms with Gasteiger partial charge in [-0.1, -0.05) is 36.4 Å². The lowest BCUT2D eigenvalue weighted by Crippen LogP contribution is -2.03. The molecule has 0 aliphatic carbocycles. The number of phenolic OH excluding ortho intramolecular Hbond substituents is 4. The Balaban J connectivity index is 1.76. The van der Waals surface area contributed by atoms with Gasteiger partial charge in [0.15, 0.2) is 11.6 Å². The van der Waals surface area contributed by atoms with Crippen molar-refractivity contribution in [2.24, 2.45) is 0 Å². The highest BCUT2D eigenvalue weighted by atomic mass is 16.3. The van der Waals surface area contributed by atoms with E-state index in [2.05, 4.69) is 4.98 Å². The van der Waals surface area contributed by atoms with E-state index in [1.54, 1.807) is 13.8 Å². The number of aryl methyl sites for hydroxylation is 2. The van der Waals surface area contributed by atoms with Gasteiger partial charge in [0, 0.05) is 40.6 Å². The lowest BCUT2D eigenvalue weighted by atomic mass is 9.91. The first-order chi connectivity index (χ1) is 19.5. The molecule has 0 saturated carbocycles. The average Bonchev–Trinajstić information content (AvgIpc) is 3.29. The van der Waals surface area contributed by atoms with Gasteiger partial charge in [0.2, 0.25) is 0 Å². The molecule has 0 fully saturated rings. The Morgan fingerprint density at radius 3 is 1.71 bits per heavy atom. The molecule has 0 aliphatic rings. The molecule has 208 valence electrons. The number of aromatic amines is 1. The van der Waals surface area contributed by atoms with E-state index < -0.39 is 0 Å². The van der Waals surface area contributed by atoms with Gasteiger partial charge in [0.25, 0.3) is 0 Å². The van der Waals surface area contributed by atoms with Crippen molar-refractivity contribution in [1.29, 1.82) is 0 Å². The summed E-state index contributed by atoms with van der Waals surface area (Å²) in [7, 11) is 0. The number of carbonyl (C=O) groups excluding carboxylic acids is 2. The van der Waals surface area contributed by atoms with Crippen LogP contribution < -0.4 is 0 Å². The Morgan fingerprint density at radius 2 is 1.17 bits per heavy atom. The third-order valence-electron chi connectivity index (χ3n) is 7.69. The Bertz CT molecular complexity index is 1850. The summed E-state index contributed by atoms with van der Waals surface area (Å²) in [5, 5.41) is 44.8. The van der Waals surface area contributed by atoms with Crippen molar-refractivity contribution >= 4 is 22.5 Å². The van der Waals surface area contributed by atoms with E-state index >= 15 is 0 Å². The summed E-state index contributed by atoms with van der Waals surface area (Å²) in [6.45, 7) is 6.04. The second-order valence-electron chi connectivity index (χ2n) is 10.5. The van der Waals surface area contributed by atoms with Crippen LogP contribution in [0.4, 0.5) is 0 Å². The van der Waals surface area contributed by atoms with Gasteiger partial charge in [-0.15, -0.1) is 0 Å². The van der Waals surface area contributed by atoms with E-state index in [0.29, 0.717) is 22.4 Å². The zero-order chi connectivity index (χ0) is 29.6. The maximum Gasteiger partial charge on any atom is 0.163 e. The minimum Gasteiger partial charge on any atom is -0.507 e. The number of nitrogens with one attached hydrogen (secondary N) is 1. The first-order valence-corrected chi connectivity index (χ1v) is 13.3. The third-order valence-corrected chi connectivity index (χ3v) is 7.69. The van der Waals surface area contributed by atoms with E-state index in [0.717, 1.165) is 22.0 Å². The second kappa shape index (κ2) is 10.5. The molecule has 0 atom stereocenters. The van der Waals surface area contributed by atoms with Gasteiger partial charge in [-0.25, -0.2) is 0 Å². The van der Waals surface area contributed by atoms with Crippen molar-refractivity contribution in [3.63, 3.8) is 0 Å². The van der Waals surface area contributed by atoms with Gasteiger partial charge in [0.05, 0.1) is 11.1 Å². The van der Waals surface area contributed by atoms with Gasteiger partial charge in [-0.05, 0) is 79.8 Å². The van der Waals surface area contributed by atoms with Crippen LogP contribution in [0.3, 0.4) is 0 Å². The molecular formula is C34H31NO6. The molecule has 7 heteroatoms. The Labute approximate surface area is 237 Å². The number of carbonyl (C=O) groups is 2. The van der Waals surface area contributed by atoms with E-state index in [9.17, 15) is 30.0 Å². The van der Waals surface area contributed by atoms with Crippen molar-refractivity contribution in [2.75, 3.05) is 0 Å². The van der Waals surface area contributed by atoms with Crippen LogP contribution in [0.2, 0.25) is 0 Å². The summed E-state index contributed by atoms with van der Waals surface area (Å²) in [5.74, 6) is -1.49. The third kappa shape index (κ3) is 4.91. The number of Topliss-reactive ketones (excluding diaryl/α,β-unsaturated/α-hetero) is 2. The summed E-state index contributed by atoms with van der Waals surface area (Å²) < 4.78 is 0. The van der Waals surface area contributed by atoms with Crippen LogP contribution >= 0.6 is 0 Å². The van der Waals surface area contributed by atoms with E-state index in [1.807, 2.05) is 48.5 Å². The van der Waals surface area contributed by atoms with Gasteiger partial charge in [-0.3, -0.25) is 9.59 Å². The van der Waals surface area contributed by atoms with E-state index in [4.69, 9.17) is 0 Å². The maximum absolute atomic E-state index is 12.3. The summed E-state index contributed by atoms with van der Waals surface area (Å²) in [6, 6.07) is 18.7. The number of hydrogen-bond acceptors (Lipinski definition) is 6. The number of benzene rings is 4. The second-order valence-corrected chi connectivity index (χ2v) is 10.5. The number of hydrogen-bond donors (Lipinski definition) is 5. The normalized spacial score (nSPS) is 11.2. The van der Waals surface area contributed by atoms with Crippen molar-refractivity contribution < 1.29 is 30.0 Å². The first-order valence-electron chi connectivity index (χ1n) is 13.3. The molecule has 0 amide bonds. The van der Waals surface area contributed by atoms with Crippen molar-refractivity contribution in [1.82, 2.24) is 4.98 Å². The molecule has 7 nitrogen and oxygen atoms in total. The van der Waals surface area contributed by atoms with Gasteiger partial charge in [-0.2, -0.15) is 0 Å². The zero-order valence-electron chi connectivity index (χ0n) is 23.3. The molecular weight excluding hydrogens is 518 g/mol. The van der Waals surface area contributed by atoms with Crippen molar-refractivity contribution in [3.8, 4) is 34.1 Å². The molecule has 1 aromatic heterocycles. The SMILES string of the molecule is CC(=O)c1cc(C)c(O)c(Cc2[nH]c3ccc(-c4ccccc4)cc3c2Cc2c(O)c(C)cc(C(C)=O)c2O)c1O. The highest BCUT2D eigenvalue weighted by molar-refractivity contribution is 5.99. The van der Waals surface area contributed by atoms with Gasteiger partial charge >= 0.3 is 0 Å². The van der Waals surface area contributed by atoms with Gasteiger partial charge in [0.1, 0.15) is 23.0 Å². The number of ketones is 2. The molecule has 5 aromatic rings. The molecule has 5 N–H and O–H groups in total. The molecule has 0 saturated heterocycles. The standard InChI is InChI=1S/C34H31NO6/c1-17-12-23(19(3)36)33(40)27(31(17)38)15-26-25-14-22(21-8-6-5-7-9-21)10-11-29(25)35-30(26)16-28-32(39)18(2)13-24(20(4)37)34(28)41/h5-14,35,38-41H,15-16H2,1-4H3. The monoisotopic (exact) mass is 549 g/mol. The van der Waals surface area contributed by atoms with Crippen molar-refractivity contribution in [3.05, 3.63) is 105 Å². The fourth-order valence-corrected chi connectivity index (χ4v) is 5.42. The number of aromatic hydroxyl groups is 4. The number of phenols is 4. The molecule has 0 bridgehead atoms. The predicted octanol–water partition coefficient (Wildman–Crippen LogP) is 6.86.